The maximum atomic E-state index is 4.70. The average molecular weight is 747 g/mol. The van der Waals surface area contributed by atoms with Crippen LogP contribution in [0.25, 0.3) is 54.9 Å². The van der Waals surface area contributed by atoms with Gasteiger partial charge in [-0.1, -0.05) is 82.6 Å². The fraction of sp³-hybridized carbons (Fsp3) is 0. The summed E-state index contributed by atoms with van der Waals surface area (Å²) in [6, 6.07) is 48.9. The molecule has 0 saturated carbocycles. The second-order valence-corrected chi connectivity index (χ2v) is 10.4. The van der Waals surface area contributed by atoms with Gasteiger partial charge in [0.1, 0.15) is 11.5 Å². The quantitative estimate of drug-likeness (QED) is 0.135. The Bertz CT molecular complexity index is 2470. The molecule has 0 fully saturated rings. The second-order valence-electron chi connectivity index (χ2n) is 10.4. The Morgan fingerprint density at radius 1 is 0.591 bits per heavy atom. The van der Waals surface area contributed by atoms with E-state index in [4.69, 9.17) is 4.98 Å². The van der Waals surface area contributed by atoms with Crippen molar-refractivity contribution >= 4 is 66.2 Å². The SMILES string of the molecule is [Pt+2].[c-]1c(N(c2[c-]c3c(cc2)c2ccccc2n3-c2ccccn2)c2ccccc2)ccc2c1c1nnnn1c1ccccc21. The van der Waals surface area contributed by atoms with Crippen LogP contribution in [0.15, 0.2) is 128 Å². The van der Waals surface area contributed by atoms with Crippen LogP contribution in [0.3, 0.4) is 0 Å². The van der Waals surface area contributed by atoms with Gasteiger partial charge in [-0.15, -0.1) is 35.7 Å². The van der Waals surface area contributed by atoms with E-state index in [0.29, 0.717) is 5.65 Å². The summed E-state index contributed by atoms with van der Waals surface area (Å²) in [5, 5.41) is 17.9. The van der Waals surface area contributed by atoms with Crippen molar-refractivity contribution in [3.8, 4) is 5.82 Å². The van der Waals surface area contributed by atoms with Crippen LogP contribution >= 0.6 is 0 Å². The molecule has 0 radical (unpaired) electrons. The monoisotopic (exact) mass is 746 g/mol. The van der Waals surface area contributed by atoms with Crippen LogP contribution in [-0.2, 0) is 21.1 Å². The van der Waals surface area contributed by atoms with Crippen LogP contribution in [-0.4, -0.2) is 29.6 Å². The number of pyridine rings is 2. The maximum absolute atomic E-state index is 4.70. The second kappa shape index (κ2) is 10.4. The maximum Gasteiger partial charge on any atom is 2.00 e. The molecule has 7 nitrogen and oxygen atoms in total. The van der Waals surface area contributed by atoms with E-state index in [2.05, 4.69) is 104 Å². The number of hydrogen-bond acceptors (Lipinski definition) is 5. The third-order valence-corrected chi connectivity index (χ3v) is 7.99. The first-order valence-corrected chi connectivity index (χ1v) is 14.0. The zero-order valence-corrected chi connectivity index (χ0v) is 25.3. The van der Waals surface area contributed by atoms with Gasteiger partial charge >= 0.3 is 21.1 Å². The van der Waals surface area contributed by atoms with E-state index in [-0.39, 0.29) is 21.1 Å². The first-order chi connectivity index (χ1) is 21.3. The Balaban J connectivity index is 0.00000289. The van der Waals surface area contributed by atoms with E-state index in [9.17, 15) is 0 Å². The number of nitrogens with zero attached hydrogens (tertiary/aromatic N) is 7. The van der Waals surface area contributed by atoms with Gasteiger partial charge in [-0.05, 0) is 63.3 Å². The molecule has 0 atom stereocenters. The van der Waals surface area contributed by atoms with Crippen molar-refractivity contribution in [3.63, 3.8) is 0 Å². The predicted octanol–water partition coefficient (Wildman–Crippen LogP) is 7.99. The first-order valence-electron chi connectivity index (χ1n) is 14.0. The van der Waals surface area contributed by atoms with Gasteiger partial charge in [0.25, 0.3) is 0 Å². The number of tetrazole rings is 1. The molecule has 0 N–H and O–H groups in total. The van der Waals surface area contributed by atoms with Gasteiger partial charge in [0.15, 0.2) is 0 Å². The van der Waals surface area contributed by atoms with Crippen LogP contribution in [0.1, 0.15) is 0 Å². The number of hydrogen-bond donors (Lipinski definition) is 0. The van der Waals surface area contributed by atoms with E-state index in [0.717, 1.165) is 66.4 Å². The number of aromatic nitrogens is 6. The summed E-state index contributed by atoms with van der Waals surface area (Å²) in [7, 11) is 0. The van der Waals surface area contributed by atoms with Crippen molar-refractivity contribution in [1.82, 2.24) is 29.6 Å². The van der Waals surface area contributed by atoms with E-state index in [1.165, 1.54) is 0 Å². The largest absolute Gasteiger partial charge is 2.00 e. The van der Waals surface area contributed by atoms with Crippen LogP contribution in [0, 0.1) is 12.1 Å². The summed E-state index contributed by atoms with van der Waals surface area (Å²) in [4.78, 5) is 6.87. The minimum absolute atomic E-state index is 0. The molecule has 0 aliphatic heterocycles. The number of para-hydroxylation sites is 3. The molecule has 8 heteroatoms. The summed E-state index contributed by atoms with van der Waals surface area (Å²) in [5.74, 6) is 0.846. The average Bonchev–Trinajstić information content (AvgIpc) is 3.70. The van der Waals surface area contributed by atoms with Gasteiger partial charge in [-0.2, -0.15) is 11.2 Å². The van der Waals surface area contributed by atoms with Gasteiger partial charge < -0.3 is 9.47 Å². The van der Waals surface area contributed by atoms with Gasteiger partial charge in [0.2, 0.25) is 0 Å². The third kappa shape index (κ3) is 3.94. The Morgan fingerprint density at radius 2 is 1.27 bits per heavy atom. The van der Waals surface area contributed by atoms with Crippen molar-refractivity contribution in [2.75, 3.05) is 4.90 Å². The molecule has 4 aromatic heterocycles. The van der Waals surface area contributed by atoms with Gasteiger partial charge in [0.05, 0.1) is 5.52 Å². The smallest absolute Gasteiger partial charge is 0.352 e. The Morgan fingerprint density at radius 3 is 2.07 bits per heavy atom. The molecule has 9 rings (SSSR count). The number of benzene rings is 5. The summed E-state index contributed by atoms with van der Waals surface area (Å²) < 4.78 is 3.97. The van der Waals surface area contributed by atoms with E-state index in [1.807, 2.05) is 60.8 Å². The Kier molecular flexibility index (Phi) is 6.21. The first kappa shape index (κ1) is 26.3. The molecular weight excluding hydrogens is 726 g/mol. The van der Waals surface area contributed by atoms with Gasteiger partial charge in [-0.25, -0.2) is 9.50 Å². The molecule has 0 unspecified atom stereocenters. The molecule has 4 heterocycles. The zero-order chi connectivity index (χ0) is 28.3. The fourth-order valence-electron chi connectivity index (χ4n) is 6.13. The topological polar surface area (TPSA) is 64.1 Å². The molecular formula is C36H21N7Pt. The predicted molar refractivity (Wildman–Crippen MR) is 170 cm³/mol. The zero-order valence-electron chi connectivity index (χ0n) is 23.1. The molecule has 44 heavy (non-hydrogen) atoms. The van der Waals surface area contributed by atoms with Crippen LogP contribution in [0.5, 0.6) is 0 Å². The summed E-state index contributed by atoms with van der Waals surface area (Å²) in [6.07, 6.45) is 1.82. The minimum atomic E-state index is 0. The van der Waals surface area contributed by atoms with E-state index < -0.39 is 0 Å². The van der Waals surface area contributed by atoms with Crippen molar-refractivity contribution in [3.05, 3.63) is 140 Å². The molecule has 0 spiro atoms. The molecule has 9 aromatic rings. The van der Waals surface area contributed by atoms with Crippen molar-refractivity contribution in [2.45, 2.75) is 0 Å². The summed E-state index contributed by atoms with van der Waals surface area (Å²) in [6.45, 7) is 0. The Labute approximate surface area is 266 Å². The van der Waals surface area contributed by atoms with Crippen LogP contribution in [0.4, 0.5) is 17.1 Å². The fourth-order valence-corrected chi connectivity index (χ4v) is 6.13. The van der Waals surface area contributed by atoms with Gasteiger partial charge in [0, 0.05) is 17.4 Å². The summed E-state index contributed by atoms with van der Waals surface area (Å²) >= 11 is 0. The van der Waals surface area contributed by atoms with Crippen LogP contribution in [0.2, 0.25) is 0 Å². The van der Waals surface area contributed by atoms with Gasteiger partial charge in [-0.3, -0.25) is 0 Å². The minimum Gasteiger partial charge on any atom is -0.352 e. The molecule has 0 bridgehead atoms. The molecule has 210 valence electrons. The molecule has 0 amide bonds. The molecule has 0 aliphatic carbocycles. The molecule has 0 saturated heterocycles. The van der Waals surface area contributed by atoms with Crippen molar-refractivity contribution < 1.29 is 21.1 Å². The molecule has 5 aromatic carbocycles. The Hall–Kier alpha value is -5.39. The third-order valence-electron chi connectivity index (χ3n) is 7.99. The van der Waals surface area contributed by atoms with E-state index >= 15 is 0 Å². The van der Waals surface area contributed by atoms with Crippen LogP contribution < -0.4 is 4.90 Å². The number of rotatable bonds is 4. The standard InChI is InChI=1S/C36H21N7.Pt/c1-2-10-24(11-3-1)41(25-17-19-27-28-12-5-7-15-33(28)43-36(31(27)22-25)38-39-40-43)26-18-20-30-29-13-4-6-14-32(29)42(34(30)23-26)35-16-8-9-21-37-35;/h1-21H;/q-2;+2. The number of anilines is 3. The number of fused-ring (bicyclic) bond motifs is 9. The normalized spacial score (nSPS) is 11.5. The summed E-state index contributed by atoms with van der Waals surface area (Å²) in [5.41, 5.74) is 6.39. The van der Waals surface area contributed by atoms with Crippen molar-refractivity contribution in [1.29, 1.82) is 0 Å². The van der Waals surface area contributed by atoms with E-state index in [1.54, 1.807) is 4.52 Å². The van der Waals surface area contributed by atoms with Crippen molar-refractivity contribution in [2.24, 2.45) is 0 Å². The molecule has 0 aliphatic rings.